The molecule has 0 unspecified atom stereocenters. The van der Waals surface area contributed by atoms with Gasteiger partial charge in [0, 0.05) is 62.4 Å². The molecule has 2 N–H and O–H groups in total. The SMILES string of the molecule is Cc1cc(C=C2Sc3ccccc3N2C)cc(C)[n+]1CCCCCC(=O)[NH2+]c1ccc(N=C([O-])COc2ccc3ccccc3c2)cc1. The molecule has 0 saturated heterocycles. The molecule has 0 bridgehead atoms. The lowest BCUT2D eigenvalue weighted by Gasteiger charge is -2.13. The molecule has 4 aromatic carbocycles. The first-order valence-corrected chi connectivity index (χ1v) is 17.2. The number of rotatable bonds is 12. The average molecular weight is 658 g/mol. The number of carbonyl (C=O) groups excluding carboxylic acids is 1. The summed E-state index contributed by atoms with van der Waals surface area (Å²) in [5.41, 5.74) is 6.29. The lowest BCUT2D eigenvalue weighted by Crippen LogP contribution is -2.82. The maximum absolute atomic E-state index is 12.6. The number of aliphatic imine (C=N–C) groups is 1. The van der Waals surface area contributed by atoms with E-state index in [1.165, 1.54) is 32.6 Å². The summed E-state index contributed by atoms with van der Waals surface area (Å²) in [4.78, 5) is 20.3. The molecule has 5 aromatic rings. The number of fused-ring (bicyclic) bond motifs is 2. The molecule has 2 heterocycles. The van der Waals surface area contributed by atoms with Crippen molar-refractivity contribution in [3.63, 3.8) is 0 Å². The van der Waals surface area contributed by atoms with Crippen LogP contribution in [0.1, 0.15) is 42.6 Å². The second-order valence-electron chi connectivity index (χ2n) is 12.2. The van der Waals surface area contributed by atoms with Crippen molar-refractivity contribution < 1.29 is 24.5 Å². The topological polar surface area (TPSA) is 85.5 Å². The number of aromatic nitrogens is 1. The molecule has 48 heavy (non-hydrogen) atoms. The molecule has 0 aliphatic carbocycles. The van der Waals surface area contributed by atoms with Gasteiger partial charge < -0.3 is 14.7 Å². The number of hydrogen-bond donors (Lipinski definition) is 1. The first-order valence-electron chi connectivity index (χ1n) is 16.4. The Hall–Kier alpha value is -4.92. The predicted octanol–water partition coefficient (Wildman–Crippen LogP) is 6.74. The fourth-order valence-corrected chi connectivity index (χ4v) is 7.12. The van der Waals surface area contributed by atoms with E-state index in [1.54, 1.807) is 17.4 Å². The van der Waals surface area contributed by atoms with Crippen LogP contribution in [0.5, 0.6) is 5.75 Å². The normalized spacial score (nSPS) is 13.7. The number of ether oxygens (including phenoxy) is 1. The van der Waals surface area contributed by atoms with E-state index in [-0.39, 0.29) is 18.4 Å². The van der Waals surface area contributed by atoms with E-state index in [4.69, 9.17) is 4.74 Å². The Bertz CT molecular complexity index is 1960. The lowest BCUT2D eigenvalue weighted by atomic mass is 10.1. The number of thioether (sulfide) groups is 1. The maximum Gasteiger partial charge on any atom is 0.315 e. The summed E-state index contributed by atoms with van der Waals surface area (Å²) in [5.74, 6) is 0.370. The number of amides is 1. The Morgan fingerprint density at radius 3 is 2.40 bits per heavy atom. The monoisotopic (exact) mass is 657 g/mol. The third-order valence-corrected chi connectivity index (χ3v) is 9.69. The molecule has 8 heteroatoms. The zero-order valence-electron chi connectivity index (χ0n) is 27.7. The molecule has 6 rings (SSSR count). The van der Waals surface area contributed by atoms with Crippen molar-refractivity contribution in [1.29, 1.82) is 0 Å². The van der Waals surface area contributed by atoms with Gasteiger partial charge in [0.2, 0.25) is 0 Å². The van der Waals surface area contributed by atoms with Gasteiger partial charge in [-0.2, -0.15) is 0 Å². The second-order valence-corrected chi connectivity index (χ2v) is 13.2. The van der Waals surface area contributed by atoms with Crippen LogP contribution in [0.3, 0.4) is 0 Å². The van der Waals surface area contributed by atoms with Crippen molar-refractivity contribution in [3.8, 4) is 5.75 Å². The predicted molar refractivity (Wildman–Crippen MR) is 193 cm³/mol. The highest BCUT2D eigenvalue weighted by Gasteiger charge is 2.22. The molecule has 1 amide bonds. The molecule has 1 aliphatic heterocycles. The molecule has 7 nitrogen and oxygen atoms in total. The minimum Gasteiger partial charge on any atom is -0.859 e. The smallest absolute Gasteiger partial charge is 0.315 e. The fraction of sp³-hybridized carbons (Fsp3) is 0.225. The number of benzene rings is 4. The zero-order valence-corrected chi connectivity index (χ0v) is 28.5. The lowest BCUT2D eigenvalue weighted by molar-refractivity contribution is -0.709. The Labute approximate surface area is 286 Å². The van der Waals surface area contributed by atoms with Crippen LogP contribution in [0, 0.1) is 13.8 Å². The summed E-state index contributed by atoms with van der Waals surface area (Å²) in [6, 6.07) is 33.9. The molecule has 1 aromatic heterocycles. The molecule has 0 saturated carbocycles. The molecule has 244 valence electrons. The van der Waals surface area contributed by atoms with Crippen molar-refractivity contribution in [3.05, 3.63) is 125 Å². The van der Waals surface area contributed by atoms with E-state index >= 15 is 0 Å². The number of anilines is 1. The quantitative estimate of drug-likeness (QED) is 0.0529. The van der Waals surface area contributed by atoms with Gasteiger partial charge in [0.15, 0.2) is 11.4 Å². The Morgan fingerprint density at radius 2 is 1.62 bits per heavy atom. The van der Waals surface area contributed by atoms with E-state index in [2.05, 4.69) is 77.8 Å². The Kier molecular flexibility index (Phi) is 10.5. The van der Waals surface area contributed by atoms with Crippen LogP contribution in [-0.4, -0.2) is 25.5 Å². The van der Waals surface area contributed by atoms with Crippen LogP contribution >= 0.6 is 11.8 Å². The number of nitrogens with zero attached hydrogens (tertiary/aromatic N) is 3. The third kappa shape index (κ3) is 8.32. The van der Waals surface area contributed by atoms with Crippen LogP contribution in [0.25, 0.3) is 16.8 Å². The van der Waals surface area contributed by atoms with Gasteiger partial charge in [-0.25, -0.2) is 9.36 Å². The van der Waals surface area contributed by atoms with Gasteiger partial charge in [0.05, 0.1) is 22.8 Å². The largest absolute Gasteiger partial charge is 0.859 e. The third-order valence-electron chi connectivity index (χ3n) is 8.53. The summed E-state index contributed by atoms with van der Waals surface area (Å²) in [6.07, 6.45) is 5.63. The van der Waals surface area contributed by atoms with Crippen molar-refractivity contribution in [2.45, 2.75) is 51.0 Å². The van der Waals surface area contributed by atoms with Crippen molar-refractivity contribution in [1.82, 2.24) is 0 Å². The number of pyridine rings is 1. The highest BCUT2D eigenvalue weighted by molar-refractivity contribution is 8.03. The van der Waals surface area contributed by atoms with Gasteiger partial charge in [-0.3, -0.25) is 10.3 Å². The first kappa shape index (κ1) is 33.0. The standard InChI is InChI=1S/C40H40N4O3S/c1-28-23-30(25-40-43(3)36-13-8-9-14-37(36)48-40)24-29(2)44(28)22-10-4-5-15-38(45)41-33-17-19-34(20-18-33)42-39(46)27-47-35-21-16-31-11-6-7-12-32(31)26-35/h6-9,11-14,16-21,23-26H,4-5,10,15,22,27H2,1-3H3,(H-,41,42,45,46)/p+1. The second kappa shape index (κ2) is 15.3. The Morgan fingerprint density at radius 1 is 0.896 bits per heavy atom. The van der Waals surface area contributed by atoms with Gasteiger partial charge in [-0.05, 0) is 71.7 Å². The maximum atomic E-state index is 12.6. The number of hydrogen-bond acceptors (Lipinski definition) is 6. The van der Waals surface area contributed by atoms with Crippen molar-refractivity contribution in [2.24, 2.45) is 4.99 Å². The van der Waals surface area contributed by atoms with Crippen molar-refractivity contribution in [2.75, 3.05) is 18.6 Å². The van der Waals surface area contributed by atoms with Crippen LogP contribution in [0.15, 0.2) is 118 Å². The molecular formula is C40H41N4O3S+. The van der Waals surface area contributed by atoms with Crippen molar-refractivity contribution >= 4 is 57.5 Å². The van der Waals surface area contributed by atoms with E-state index in [0.29, 0.717) is 17.9 Å². The van der Waals surface area contributed by atoms with E-state index in [9.17, 15) is 9.90 Å². The van der Waals surface area contributed by atoms with Crippen LogP contribution in [-0.2, 0) is 11.3 Å². The summed E-state index contributed by atoms with van der Waals surface area (Å²) in [7, 11) is 2.12. The van der Waals surface area contributed by atoms with E-state index in [1.807, 2.05) is 66.4 Å². The number of nitrogens with two attached hydrogens (primary N) is 1. The van der Waals surface area contributed by atoms with Gasteiger partial charge >= 0.3 is 5.91 Å². The molecular weight excluding hydrogens is 617 g/mol. The number of carbonyl (C=O) groups is 1. The average Bonchev–Trinajstić information content (AvgIpc) is 3.40. The van der Waals surface area contributed by atoms with Gasteiger partial charge in [0.1, 0.15) is 24.6 Å². The number of primary amides is 1. The number of quaternary nitrogens is 1. The highest BCUT2D eigenvalue weighted by Crippen LogP contribution is 2.45. The zero-order chi connectivity index (χ0) is 33.5. The Balaban J connectivity index is 0.917. The van der Waals surface area contributed by atoms with Gasteiger partial charge in [-0.1, -0.05) is 54.2 Å². The molecule has 1 aliphatic rings. The minimum atomic E-state index is -0.366. The van der Waals surface area contributed by atoms with Gasteiger partial charge in [-0.15, -0.1) is 0 Å². The summed E-state index contributed by atoms with van der Waals surface area (Å²) < 4.78 is 8.02. The number of aryl methyl sites for hydroxylation is 2. The molecule has 0 fully saturated rings. The van der Waals surface area contributed by atoms with E-state index < -0.39 is 0 Å². The van der Waals surface area contributed by atoms with Crippen LogP contribution < -0.4 is 24.6 Å². The van der Waals surface area contributed by atoms with Crippen LogP contribution in [0.4, 0.5) is 17.1 Å². The fourth-order valence-electron chi connectivity index (χ4n) is 6.01. The molecule has 0 atom stereocenters. The summed E-state index contributed by atoms with van der Waals surface area (Å²) >= 11 is 1.81. The van der Waals surface area contributed by atoms with Gasteiger partial charge in [0.25, 0.3) is 0 Å². The highest BCUT2D eigenvalue weighted by atomic mass is 32.2. The first-order chi connectivity index (χ1) is 23.3. The molecule has 0 spiro atoms. The summed E-state index contributed by atoms with van der Waals surface area (Å²) in [5, 5.41) is 17.4. The summed E-state index contributed by atoms with van der Waals surface area (Å²) in [6.45, 7) is 5.13. The number of para-hydroxylation sites is 1. The molecule has 0 radical (unpaired) electrons. The number of unbranched alkanes of at least 4 members (excludes halogenated alkanes) is 2. The van der Waals surface area contributed by atoms with Crippen LogP contribution in [0.2, 0.25) is 0 Å². The minimum absolute atomic E-state index is 0.105. The van der Waals surface area contributed by atoms with E-state index in [0.717, 1.165) is 42.3 Å².